The molecule has 0 spiro atoms. The van der Waals surface area contributed by atoms with E-state index in [2.05, 4.69) is 6.92 Å². The second kappa shape index (κ2) is 5.39. The summed E-state index contributed by atoms with van der Waals surface area (Å²) in [5.74, 6) is 1.15. The summed E-state index contributed by atoms with van der Waals surface area (Å²) in [6, 6.07) is 16.9. The van der Waals surface area contributed by atoms with Crippen molar-refractivity contribution in [1.82, 2.24) is 0 Å². The number of ether oxygens (including phenoxy) is 1. The number of aromatic hydroxyl groups is 1. The third-order valence-electron chi connectivity index (χ3n) is 2.66. The van der Waals surface area contributed by atoms with E-state index in [1.807, 2.05) is 42.5 Å². The molecular weight excluding hydrogens is 212 g/mol. The normalized spacial score (nSPS) is 12.1. The molecule has 0 aliphatic rings. The molecule has 0 radical (unpaired) electrons. The van der Waals surface area contributed by atoms with Gasteiger partial charge in [-0.1, -0.05) is 37.3 Å². The topological polar surface area (TPSA) is 29.5 Å². The van der Waals surface area contributed by atoms with Crippen LogP contribution in [0.25, 0.3) is 0 Å². The van der Waals surface area contributed by atoms with Gasteiger partial charge in [0, 0.05) is 0 Å². The van der Waals surface area contributed by atoms with Gasteiger partial charge in [-0.25, -0.2) is 0 Å². The second-order valence-electron chi connectivity index (χ2n) is 3.92. The Hall–Kier alpha value is -1.96. The van der Waals surface area contributed by atoms with Crippen LogP contribution in [0.2, 0.25) is 0 Å². The van der Waals surface area contributed by atoms with Crippen molar-refractivity contribution in [3.8, 4) is 11.5 Å². The lowest BCUT2D eigenvalue weighted by atomic mass is 10.1. The molecule has 17 heavy (non-hydrogen) atoms. The van der Waals surface area contributed by atoms with E-state index in [9.17, 15) is 5.11 Å². The van der Waals surface area contributed by atoms with Gasteiger partial charge in [0.1, 0.15) is 17.6 Å². The van der Waals surface area contributed by atoms with E-state index in [0.29, 0.717) is 0 Å². The SMILES string of the molecule is CCC(Oc1ccccc1)c1ccc(O)cc1. The third kappa shape index (κ3) is 3.00. The summed E-state index contributed by atoms with van der Waals surface area (Å²) < 4.78 is 5.91. The van der Waals surface area contributed by atoms with Crippen LogP contribution in [0.5, 0.6) is 11.5 Å². The van der Waals surface area contributed by atoms with Crippen molar-refractivity contribution in [1.29, 1.82) is 0 Å². The molecule has 2 rings (SSSR count). The van der Waals surface area contributed by atoms with Crippen molar-refractivity contribution in [2.75, 3.05) is 0 Å². The number of phenols is 1. The third-order valence-corrected chi connectivity index (χ3v) is 2.66. The fourth-order valence-corrected chi connectivity index (χ4v) is 1.74. The molecule has 0 bridgehead atoms. The van der Waals surface area contributed by atoms with E-state index in [1.165, 1.54) is 0 Å². The molecule has 1 unspecified atom stereocenters. The fraction of sp³-hybridized carbons (Fsp3) is 0.200. The molecule has 0 heterocycles. The van der Waals surface area contributed by atoms with Crippen molar-refractivity contribution in [2.45, 2.75) is 19.4 Å². The minimum atomic E-state index is 0.0259. The Bertz CT molecular complexity index is 448. The zero-order valence-electron chi connectivity index (χ0n) is 9.84. The largest absolute Gasteiger partial charge is 0.508 e. The highest BCUT2D eigenvalue weighted by Crippen LogP contribution is 2.25. The van der Waals surface area contributed by atoms with E-state index in [1.54, 1.807) is 12.1 Å². The summed E-state index contributed by atoms with van der Waals surface area (Å²) in [4.78, 5) is 0. The first kappa shape index (κ1) is 11.5. The van der Waals surface area contributed by atoms with Crippen LogP contribution in [0.1, 0.15) is 25.0 Å². The first-order chi connectivity index (χ1) is 8.29. The summed E-state index contributed by atoms with van der Waals surface area (Å²) in [5, 5.41) is 9.26. The zero-order valence-corrected chi connectivity index (χ0v) is 9.84. The first-order valence-corrected chi connectivity index (χ1v) is 5.80. The molecule has 1 N–H and O–H groups in total. The molecule has 0 aromatic heterocycles. The van der Waals surface area contributed by atoms with Gasteiger partial charge in [0.15, 0.2) is 0 Å². The summed E-state index contributed by atoms with van der Waals surface area (Å²) >= 11 is 0. The molecule has 0 fully saturated rings. The quantitative estimate of drug-likeness (QED) is 0.859. The average molecular weight is 228 g/mol. The molecule has 2 aromatic rings. The lowest BCUT2D eigenvalue weighted by Gasteiger charge is -2.18. The molecule has 0 saturated heterocycles. The second-order valence-corrected chi connectivity index (χ2v) is 3.92. The van der Waals surface area contributed by atoms with E-state index >= 15 is 0 Å². The van der Waals surface area contributed by atoms with Crippen LogP contribution >= 0.6 is 0 Å². The van der Waals surface area contributed by atoms with Gasteiger partial charge in [-0.05, 0) is 36.2 Å². The molecule has 2 nitrogen and oxygen atoms in total. The highest BCUT2D eigenvalue weighted by molar-refractivity contribution is 5.29. The summed E-state index contributed by atoms with van der Waals surface area (Å²) in [5.41, 5.74) is 1.08. The van der Waals surface area contributed by atoms with E-state index in [-0.39, 0.29) is 11.9 Å². The average Bonchev–Trinajstić information content (AvgIpc) is 2.38. The maximum absolute atomic E-state index is 9.26. The summed E-state index contributed by atoms with van der Waals surface area (Å²) in [6.07, 6.45) is 0.914. The molecule has 0 aliphatic carbocycles. The smallest absolute Gasteiger partial charge is 0.123 e. The van der Waals surface area contributed by atoms with E-state index in [4.69, 9.17) is 4.74 Å². The lowest BCUT2D eigenvalue weighted by Crippen LogP contribution is -2.05. The lowest BCUT2D eigenvalue weighted by molar-refractivity contribution is 0.201. The van der Waals surface area contributed by atoms with Crippen LogP contribution in [0.3, 0.4) is 0 Å². The molecule has 2 heteroatoms. The zero-order chi connectivity index (χ0) is 12.1. The molecule has 1 atom stereocenters. The number of benzene rings is 2. The molecular formula is C15H16O2. The van der Waals surface area contributed by atoms with Crippen molar-refractivity contribution >= 4 is 0 Å². The van der Waals surface area contributed by atoms with E-state index < -0.39 is 0 Å². The van der Waals surface area contributed by atoms with Crippen LogP contribution in [0, 0.1) is 0 Å². The maximum Gasteiger partial charge on any atom is 0.123 e. The minimum absolute atomic E-state index is 0.0259. The summed E-state index contributed by atoms with van der Waals surface area (Å²) in [7, 11) is 0. The van der Waals surface area contributed by atoms with Gasteiger partial charge < -0.3 is 9.84 Å². The van der Waals surface area contributed by atoms with Gasteiger partial charge in [-0.3, -0.25) is 0 Å². The van der Waals surface area contributed by atoms with Gasteiger partial charge in [0.2, 0.25) is 0 Å². The van der Waals surface area contributed by atoms with Crippen LogP contribution in [0.4, 0.5) is 0 Å². The fourth-order valence-electron chi connectivity index (χ4n) is 1.74. The highest BCUT2D eigenvalue weighted by atomic mass is 16.5. The molecule has 0 saturated carbocycles. The Morgan fingerprint density at radius 2 is 1.65 bits per heavy atom. The van der Waals surface area contributed by atoms with Gasteiger partial charge in [0.25, 0.3) is 0 Å². The number of para-hydroxylation sites is 1. The van der Waals surface area contributed by atoms with Gasteiger partial charge in [-0.15, -0.1) is 0 Å². The predicted molar refractivity (Wildman–Crippen MR) is 68.2 cm³/mol. The van der Waals surface area contributed by atoms with Gasteiger partial charge >= 0.3 is 0 Å². The van der Waals surface area contributed by atoms with Gasteiger partial charge in [0.05, 0.1) is 0 Å². The highest BCUT2D eigenvalue weighted by Gasteiger charge is 2.10. The standard InChI is InChI=1S/C15H16O2/c1-2-15(12-8-10-13(16)11-9-12)17-14-6-4-3-5-7-14/h3-11,15-16H,2H2,1H3. The predicted octanol–water partition coefficient (Wildman–Crippen LogP) is 3.92. The molecule has 0 amide bonds. The Labute approximate surface area is 101 Å². The minimum Gasteiger partial charge on any atom is -0.508 e. The Kier molecular flexibility index (Phi) is 3.66. The van der Waals surface area contributed by atoms with Crippen molar-refractivity contribution in [3.63, 3.8) is 0 Å². The number of hydrogen-bond donors (Lipinski definition) is 1. The van der Waals surface area contributed by atoms with Crippen molar-refractivity contribution in [2.24, 2.45) is 0 Å². The maximum atomic E-state index is 9.26. The van der Waals surface area contributed by atoms with Gasteiger partial charge in [-0.2, -0.15) is 0 Å². The Morgan fingerprint density at radius 1 is 1.00 bits per heavy atom. The number of rotatable bonds is 4. The van der Waals surface area contributed by atoms with Crippen LogP contribution < -0.4 is 4.74 Å². The molecule has 2 aromatic carbocycles. The van der Waals surface area contributed by atoms with Crippen molar-refractivity contribution < 1.29 is 9.84 Å². The Morgan fingerprint density at radius 3 is 2.24 bits per heavy atom. The molecule has 88 valence electrons. The molecule has 0 aliphatic heterocycles. The van der Waals surface area contributed by atoms with Crippen LogP contribution in [0.15, 0.2) is 54.6 Å². The van der Waals surface area contributed by atoms with Crippen molar-refractivity contribution in [3.05, 3.63) is 60.2 Å². The monoisotopic (exact) mass is 228 g/mol. The van der Waals surface area contributed by atoms with E-state index in [0.717, 1.165) is 17.7 Å². The van der Waals surface area contributed by atoms with Crippen LogP contribution in [-0.2, 0) is 0 Å². The number of phenolic OH excluding ortho intramolecular Hbond substituents is 1. The Balaban J connectivity index is 2.14. The number of hydrogen-bond acceptors (Lipinski definition) is 2. The first-order valence-electron chi connectivity index (χ1n) is 5.80. The summed E-state index contributed by atoms with van der Waals surface area (Å²) in [6.45, 7) is 2.08. The van der Waals surface area contributed by atoms with Crippen LogP contribution in [-0.4, -0.2) is 5.11 Å².